The summed E-state index contributed by atoms with van der Waals surface area (Å²) in [5.74, 6) is 0.110. The van der Waals surface area contributed by atoms with Crippen molar-refractivity contribution in [3.63, 3.8) is 0 Å². The molecule has 4 nitrogen and oxygen atoms in total. The van der Waals surface area contributed by atoms with Crippen LogP contribution in [0.25, 0.3) is 0 Å². The second-order valence-electron chi connectivity index (χ2n) is 7.67. The highest BCUT2D eigenvalue weighted by Crippen LogP contribution is 2.42. The number of hydrogen-bond donors (Lipinski definition) is 2. The Morgan fingerprint density at radius 1 is 1.03 bits per heavy atom. The number of ether oxygens (including phenoxy) is 2. The predicted octanol–water partition coefficient (Wildman–Crippen LogP) is 4.24. The van der Waals surface area contributed by atoms with Crippen molar-refractivity contribution in [3.8, 4) is 0 Å². The van der Waals surface area contributed by atoms with Gasteiger partial charge in [0.25, 0.3) is 0 Å². The van der Waals surface area contributed by atoms with Crippen molar-refractivity contribution >= 4 is 22.7 Å². The standard InChI is InChI=1S/C21H28F2N2O2S2/c1-4-13-18-15(26-6-5-16(18)28-21(13)23)9-25-7-12-10-27-14(8-24-3)17-11(2)20(22)29-19(12)17/h12,14-15,24-25H,4-10H2,1-3H3. The Morgan fingerprint density at radius 3 is 2.59 bits per heavy atom. The van der Waals surface area contributed by atoms with E-state index in [9.17, 15) is 8.78 Å². The van der Waals surface area contributed by atoms with Gasteiger partial charge in [-0.05, 0) is 20.4 Å². The summed E-state index contributed by atoms with van der Waals surface area (Å²) in [6.45, 7) is 6.99. The smallest absolute Gasteiger partial charge is 0.180 e. The summed E-state index contributed by atoms with van der Waals surface area (Å²) in [4.78, 5) is 2.20. The molecule has 4 heterocycles. The highest BCUT2D eigenvalue weighted by Gasteiger charge is 2.33. The van der Waals surface area contributed by atoms with E-state index < -0.39 is 0 Å². The van der Waals surface area contributed by atoms with Crippen molar-refractivity contribution in [1.29, 1.82) is 0 Å². The van der Waals surface area contributed by atoms with Crippen LogP contribution in [0.2, 0.25) is 0 Å². The summed E-state index contributed by atoms with van der Waals surface area (Å²) < 4.78 is 40.6. The van der Waals surface area contributed by atoms with Gasteiger partial charge in [-0.3, -0.25) is 0 Å². The number of thiophene rings is 2. The molecule has 2 aromatic heterocycles. The Labute approximate surface area is 178 Å². The summed E-state index contributed by atoms with van der Waals surface area (Å²) in [5.41, 5.74) is 3.55. The fourth-order valence-electron chi connectivity index (χ4n) is 4.43. The highest BCUT2D eigenvalue weighted by atomic mass is 32.1. The largest absolute Gasteiger partial charge is 0.372 e. The zero-order chi connectivity index (χ0) is 20.5. The Bertz CT molecular complexity index is 867. The van der Waals surface area contributed by atoms with Crippen LogP contribution in [0.4, 0.5) is 8.78 Å². The molecule has 2 aliphatic rings. The van der Waals surface area contributed by atoms with Gasteiger partial charge in [0, 0.05) is 64.0 Å². The fourth-order valence-corrected chi connectivity index (χ4v) is 6.74. The van der Waals surface area contributed by atoms with E-state index in [4.69, 9.17) is 9.47 Å². The molecule has 0 spiro atoms. The average Bonchev–Trinajstić information content (AvgIpc) is 3.20. The van der Waals surface area contributed by atoms with Crippen LogP contribution in [-0.2, 0) is 22.3 Å². The molecule has 0 radical (unpaired) electrons. The maximum atomic E-state index is 14.3. The minimum Gasteiger partial charge on any atom is -0.372 e. The van der Waals surface area contributed by atoms with Gasteiger partial charge in [0.05, 0.1) is 25.4 Å². The summed E-state index contributed by atoms with van der Waals surface area (Å²) in [5, 5.41) is 6.43. The van der Waals surface area contributed by atoms with E-state index in [2.05, 4.69) is 10.6 Å². The van der Waals surface area contributed by atoms with Crippen LogP contribution in [0.15, 0.2) is 0 Å². The van der Waals surface area contributed by atoms with Gasteiger partial charge in [-0.25, -0.2) is 0 Å². The molecule has 2 aromatic rings. The zero-order valence-electron chi connectivity index (χ0n) is 17.1. The first-order valence-electron chi connectivity index (χ1n) is 10.2. The molecule has 3 unspecified atom stereocenters. The Morgan fingerprint density at radius 2 is 1.83 bits per heavy atom. The summed E-state index contributed by atoms with van der Waals surface area (Å²) >= 11 is 2.51. The molecule has 2 N–H and O–H groups in total. The van der Waals surface area contributed by atoms with E-state index >= 15 is 0 Å². The van der Waals surface area contributed by atoms with E-state index in [1.54, 1.807) is 0 Å². The number of halogens is 2. The Balaban J connectivity index is 1.45. The normalized spacial score (nSPS) is 23.8. The lowest BCUT2D eigenvalue weighted by molar-refractivity contribution is 0.0255. The Kier molecular flexibility index (Phi) is 6.68. The number of likely N-dealkylation sites (N-methyl/N-ethyl adjacent to an activating group) is 1. The van der Waals surface area contributed by atoms with Crippen LogP contribution in [0.1, 0.15) is 57.1 Å². The predicted molar refractivity (Wildman–Crippen MR) is 113 cm³/mol. The summed E-state index contributed by atoms with van der Waals surface area (Å²) in [6.07, 6.45) is 1.24. The molecule has 8 heteroatoms. The molecule has 2 aliphatic heterocycles. The van der Waals surface area contributed by atoms with Crippen molar-refractivity contribution < 1.29 is 18.3 Å². The lowest BCUT2D eigenvalue weighted by Crippen LogP contribution is -2.34. The number of rotatable bonds is 7. The van der Waals surface area contributed by atoms with Crippen LogP contribution in [-0.4, -0.2) is 39.9 Å². The molecule has 0 saturated heterocycles. The molecule has 0 bridgehead atoms. The monoisotopic (exact) mass is 442 g/mol. The van der Waals surface area contributed by atoms with E-state index in [0.717, 1.165) is 32.9 Å². The van der Waals surface area contributed by atoms with Gasteiger partial charge in [-0.15, -0.1) is 22.7 Å². The first-order chi connectivity index (χ1) is 14.0. The van der Waals surface area contributed by atoms with Crippen molar-refractivity contribution in [2.45, 2.75) is 44.8 Å². The molecule has 160 valence electrons. The lowest BCUT2D eigenvalue weighted by Gasteiger charge is -2.31. The third kappa shape index (κ3) is 4.03. The van der Waals surface area contributed by atoms with Crippen molar-refractivity contribution in [2.75, 3.05) is 39.9 Å². The highest BCUT2D eigenvalue weighted by molar-refractivity contribution is 7.11. The van der Waals surface area contributed by atoms with Crippen molar-refractivity contribution in [1.82, 2.24) is 10.6 Å². The number of nitrogens with one attached hydrogen (secondary N) is 2. The Hall–Kier alpha value is -0.900. The molecule has 0 fully saturated rings. The summed E-state index contributed by atoms with van der Waals surface area (Å²) in [6, 6.07) is 0. The second-order valence-corrected chi connectivity index (χ2v) is 9.73. The molecule has 0 amide bonds. The molecule has 29 heavy (non-hydrogen) atoms. The fraction of sp³-hybridized carbons (Fsp3) is 0.619. The maximum absolute atomic E-state index is 14.3. The SMILES string of the molecule is CCc1c(F)sc2c1C(CNCC1COC(CNC)c3c1sc(F)c3C)OCC2. The van der Waals surface area contributed by atoms with Crippen LogP contribution in [0.3, 0.4) is 0 Å². The van der Waals surface area contributed by atoms with Gasteiger partial charge in [-0.2, -0.15) is 8.78 Å². The van der Waals surface area contributed by atoms with E-state index in [1.165, 1.54) is 22.7 Å². The molecule has 0 saturated carbocycles. The van der Waals surface area contributed by atoms with Crippen LogP contribution in [0, 0.1) is 17.2 Å². The van der Waals surface area contributed by atoms with Crippen LogP contribution >= 0.6 is 22.7 Å². The maximum Gasteiger partial charge on any atom is 0.180 e. The minimum atomic E-state index is -0.128. The van der Waals surface area contributed by atoms with E-state index in [0.29, 0.717) is 44.8 Å². The molecular weight excluding hydrogens is 414 g/mol. The van der Waals surface area contributed by atoms with E-state index in [1.807, 2.05) is 20.9 Å². The van der Waals surface area contributed by atoms with Gasteiger partial charge in [-0.1, -0.05) is 6.92 Å². The van der Waals surface area contributed by atoms with Gasteiger partial charge in [0.2, 0.25) is 0 Å². The third-order valence-corrected chi connectivity index (χ3v) is 8.22. The number of hydrogen-bond acceptors (Lipinski definition) is 6. The number of fused-ring (bicyclic) bond motifs is 2. The first-order valence-corrected chi connectivity index (χ1v) is 11.9. The molecule has 4 rings (SSSR count). The van der Waals surface area contributed by atoms with Gasteiger partial charge in [0.1, 0.15) is 0 Å². The average molecular weight is 443 g/mol. The topological polar surface area (TPSA) is 42.5 Å². The molecular formula is C21H28F2N2O2S2. The first kappa shape index (κ1) is 21.3. The van der Waals surface area contributed by atoms with Crippen molar-refractivity contribution in [2.24, 2.45) is 0 Å². The van der Waals surface area contributed by atoms with Gasteiger partial charge in [0.15, 0.2) is 10.3 Å². The van der Waals surface area contributed by atoms with Crippen LogP contribution < -0.4 is 10.6 Å². The van der Waals surface area contributed by atoms with Gasteiger partial charge >= 0.3 is 0 Å². The van der Waals surface area contributed by atoms with E-state index in [-0.39, 0.29) is 28.4 Å². The lowest BCUT2D eigenvalue weighted by atomic mass is 9.94. The van der Waals surface area contributed by atoms with Crippen molar-refractivity contribution in [3.05, 3.63) is 42.3 Å². The van der Waals surface area contributed by atoms with Crippen LogP contribution in [0.5, 0.6) is 0 Å². The summed E-state index contributed by atoms with van der Waals surface area (Å²) in [7, 11) is 1.88. The molecule has 0 aromatic carbocycles. The minimum absolute atomic E-state index is 0.0709. The quantitative estimate of drug-likeness (QED) is 0.673. The van der Waals surface area contributed by atoms with Gasteiger partial charge < -0.3 is 20.1 Å². The second kappa shape index (κ2) is 9.08. The molecule has 0 aliphatic carbocycles. The zero-order valence-corrected chi connectivity index (χ0v) is 18.7. The third-order valence-electron chi connectivity index (χ3n) is 5.86. The molecule has 3 atom stereocenters.